The van der Waals surface area contributed by atoms with Crippen LogP contribution in [0.2, 0.25) is 5.02 Å². The standard InChI is InChI=1S/C17H17ClN2O4/c1-23-14-9-13(15(24-2)8-12(14)18)20-17(22)16(21)19-10-11-6-4-3-5-7-11/h3-9H,10H2,1-2H3,(H,19,21)(H,20,22). The van der Waals surface area contributed by atoms with Gasteiger partial charge in [0.2, 0.25) is 0 Å². The first-order chi connectivity index (χ1) is 11.5. The van der Waals surface area contributed by atoms with Crippen LogP contribution in [0.4, 0.5) is 5.69 Å². The first-order valence-corrected chi connectivity index (χ1v) is 7.47. The maximum atomic E-state index is 12.0. The normalized spacial score (nSPS) is 9.96. The van der Waals surface area contributed by atoms with E-state index in [0.717, 1.165) is 5.56 Å². The van der Waals surface area contributed by atoms with Crippen molar-refractivity contribution in [3.63, 3.8) is 0 Å². The fourth-order valence-corrected chi connectivity index (χ4v) is 2.23. The molecule has 0 saturated carbocycles. The van der Waals surface area contributed by atoms with Crippen LogP contribution >= 0.6 is 11.6 Å². The molecule has 24 heavy (non-hydrogen) atoms. The molecule has 0 aromatic heterocycles. The molecule has 0 bridgehead atoms. The van der Waals surface area contributed by atoms with E-state index < -0.39 is 11.8 Å². The zero-order valence-electron chi connectivity index (χ0n) is 13.3. The van der Waals surface area contributed by atoms with E-state index in [2.05, 4.69) is 10.6 Å². The minimum atomic E-state index is -0.811. The molecule has 0 heterocycles. The summed E-state index contributed by atoms with van der Waals surface area (Å²) >= 11 is 6.00. The summed E-state index contributed by atoms with van der Waals surface area (Å²) in [6.45, 7) is 0.258. The van der Waals surface area contributed by atoms with E-state index in [9.17, 15) is 9.59 Å². The van der Waals surface area contributed by atoms with Gasteiger partial charge in [-0.2, -0.15) is 0 Å². The number of ether oxygens (including phenoxy) is 2. The summed E-state index contributed by atoms with van der Waals surface area (Å²) in [5.74, 6) is -0.883. The number of anilines is 1. The summed E-state index contributed by atoms with van der Waals surface area (Å²) in [5, 5.41) is 5.37. The van der Waals surface area contributed by atoms with Crippen molar-refractivity contribution in [2.24, 2.45) is 0 Å². The Bertz CT molecular complexity index is 735. The van der Waals surface area contributed by atoms with Gasteiger partial charge in [0.1, 0.15) is 11.5 Å². The van der Waals surface area contributed by atoms with Gasteiger partial charge in [0.25, 0.3) is 0 Å². The zero-order valence-corrected chi connectivity index (χ0v) is 14.0. The van der Waals surface area contributed by atoms with Crippen molar-refractivity contribution in [1.82, 2.24) is 5.32 Å². The molecule has 0 atom stereocenters. The highest BCUT2D eigenvalue weighted by molar-refractivity contribution is 6.40. The number of nitrogens with one attached hydrogen (secondary N) is 2. The van der Waals surface area contributed by atoms with E-state index >= 15 is 0 Å². The highest BCUT2D eigenvalue weighted by Gasteiger charge is 2.17. The van der Waals surface area contributed by atoms with Crippen LogP contribution in [-0.2, 0) is 16.1 Å². The number of carbonyl (C=O) groups is 2. The van der Waals surface area contributed by atoms with Crippen LogP contribution in [0.1, 0.15) is 5.56 Å². The highest BCUT2D eigenvalue weighted by Crippen LogP contribution is 2.35. The summed E-state index contributed by atoms with van der Waals surface area (Å²) in [6, 6.07) is 12.3. The molecule has 0 radical (unpaired) electrons. The molecule has 126 valence electrons. The van der Waals surface area contributed by atoms with Crippen molar-refractivity contribution >= 4 is 29.1 Å². The second-order valence-corrected chi connectivity index (χ2v) is 5.22. The second kappa shape index (κ2) is 8.21. The molecular weight excluding hydrogens is 332 g/mol. The van der Waals surface area contributed by atoms with Crippen molar-refractivity contribution in [3.8, 4) is 11.5 Å². The van der Waals surface area contributed by atoms with Crippen LogP contribution in [0.25, 0.3) is 0 Å². The van der Waals surface area contributed by atoms with Crippen LogP contribution in [0, 0.1) is 0 Å². The first kappa shape index (κ1) is 17.6. The topological polar surface area (TPSA) is 76.7 Å². The van der Waals surface area contributed by atoms with Gasteiger partial charge in [-0.15, -0.1) is 0 Å². The van der Waals surface area contributed by atoms with Crippen molar-refractivity contribution in [3.05, 3.63) is 53.1 Å². The van der Waals surface area contributed by atoms with Gasteiger partial charge in [0.05, 0.1) is 24.9 Å². The van der Waals surface area contributed by atoms with Gasteiger partial charge < -0.3 is 20.1 Å². The number of benzene rings is 2. The quantitative estimate of drug-likeness (QED) is 0.814. The van der Waals surface area contributed by atoms with E-state index in [1.807, 2.05) is 30.3 Å². The molecule has 2 N–H and O–H groups in total. The Morgan fingerprint density at radius 1 is 1.00 bits per heavy atom. The van der Waals surface area contributed by atoms with Crippen LogP contribution in [0.15, 0.2) is 42.5 Å². The molecule has 7 heteroatoms. The van der Waals surface area contributed by atoms with Crippen LogP contribution in [-0.4, -0.2) is 26.0 Å². The monoisotopic (exact) mass is 348 g/mol. The number of hydrogen-bond acceptors (Lipinski definition) is 4. The summed E-state index contributed by atoms with van der Waals surface area (Å²) in [6.07, 6.45) is 0. The Morgan fingerprint density at radius 2 is 1.67 bits per heavy atom. The average Bonchev–Trinajstić information content (AvgIpc) is 2.61. The SMILES string of the molecule is COc1cc(NC(=O)C(=O)NCc2ccccc2)c(OC)cc1Cl. The fourth-order valence-electron chi connectivity index (χ4n) is 2.00. The molecule has 2 rings (SSSR count). The minimum absolute atomic E-state index is 0.258. The van der Waals surface area contributed by atoms with Gasteiger partial charge in [-0.1, -0.05) is 41.9 Å². The molecule has 6 nitrogen and oxygen atoms in total. The van der Waals surface area contributed by atoms with Gasteiger partial charge in [0.15, 0.2) is 0 Å². The van der Waals surface area contributed by atoms with Crippen LogP contribution in [0.3, 0.4) is 0 Å². The zero-order chi connectivity index (χ0) is 17.5. The lowest BCUT2D eigenvalue weighted by Crippen LogP contribution is -2.35. The molecule has 0 aliphatic carbocycles. The van der Waals surface area contributed by atoms with Crippen molar-refractivity contribution in [2.45, 2.75) is 6.54 Å². The summed E-state index contributed by atoms with van der Waals surface area (Å²) in [4.78, 5) is 24.0. The number of rotatable bonds is 5. The summed E-state index contributed by atoms with van der Waals surface area (Å²) in [7, 11) is 2.88. The maximum absolute atomic E-state index is 12.0. The van der Waals surface area contributed by atoms with E-state index in [1.165, 1.54) is 26.4 Å². The number of carbonyl (C=O) groups excluding carboxylic acids is 2. The van der Waals surface area contributed by atoms with Gasteiger partial charge in [0, 0.05) is 18.7 Å². The predicted octanol–water partition coefficient (Wildman–Crippen LogP) is 2.61. The van der Waals surface area contributed by atoms with Crippen LogP contribution in [0.5, 0.6) is 11.5 Å². The Kier molecular flexibility index (Phi) is 6.03. The molecule has 2 aromatic carbocycles. The lowest BCUT2D eigenvalue weighted by Gasteiger charge is -2.13. The average molecular weight is 349 g/mol. The second-order valence-electron chi connectivity index (χ2n) is 4.81. The third-order valence-corrected chi connectivity index (χ3v) is 3.52. The third kappa shape index (κ3) is 4.39. The molecule has 0 aliphatic heterocycles. The Morgan fingerprint density at radius 3 is 2.29 bits per heavy atom. The molecule has 2 aromatic rings. The summed E-state index contributed by atoms with van der Waals surface area (Å²) in [5.41, 5.74) is 1.18. The molecule has 2 amide bonds. The van der Waals surface area contributed by atoms with Crippen molar-refractivity contribution < 1.29 is 19.1 Å². The Balaban J connectivity index is 2.04. The van der Waals surface area contributed by atoms with Crippen molar-refractivity contribution in [1.29, 1.82) is 0 Å². The van der Waals surface area contributed by atoms with Gasteiger partial charge in [-0.3, -0.25) is 9.59 Å². The molecular formula is C17H17ClN2O4. The fraction of sp³-hybridized carbons (Fsp3) is 0.176. The van der Waals surface area contributed by atoms with Crippen LogP contribution < -0.4 is 20.1 Å². The molecule has 0 saturated heterocycles. The summed E-state index contributed by atoms with van der Waals surface area (Å²) < 4.78 is 10.2. The van der Waals surface area contributed by atoms with Gasteiger partial charge in [-0.25, -0.2) is 0 Å². The lowest BCUT2D eigenvalue weighted by molar-refractivity contribution is -0.136. The molecule has 0 aliphatic rings. The largest absolute Gasteiger partial charge is 0.495 e. The van der Waals surface area contributed by atoms with Gasteiger partial charge >= 0.3 is 11.8 Å². The highest BCUT2D eigenvalue weighted by atomic mass is 35.5. The Labute approximate surface area is 144 Å². The number of hydrogen-bond donors (Lipinski definition) is 2. The minimum Gasteiger partial charge on any atom is -0.495 e. The number of methoxy groups -OCH3 is 2. The smallest absolute Gasteiger partial charge is 0.313 e. The van der Waals surface area contributed by atoms with Crippen molar-refractivity contribution in [2.75, 3.05) is 19.5 Å². The van der Waals surface area contributed by atoms with E-state index in [1.54, 1.807) is 0 Å². The Hall–Kier alpha value is -2.73. The van der Waals surface area contributed by atoms with E-state index in [-0.39, 0.29) is 6.54 Å². The maximum Gasteiger partial charge on any atom is 0.313 e. The predicted molar refractivity (Wildman–Crippen MR) is 91.5 cm³/mol. The number of amides is 2. The van der Waals surface area contributed by atoms with E-state index in [4.69, 9.17) is 21.1 Å². The molecule has 0 fully saturated rings. The third-order valence-electron chi connectivity index (χ3n) is 3.22. The first-order valence-electron chi connectivity index (χ1n) is 7.09. The van der Waals surface area contributed by atoms with E-state index in [0.29, 0.717) is 22.2 Å². The number of halogens is 1. The van der Waals surface area contributed by atoms with Gasteiger partial charge in [-0.05, 0) is 5.56 Å². The molecule has 0 spiro atoms. The molecule has 0 unspecified atom stereocenters. The lowest BCUT2D eigenvalue weighted by atomic mass is 10.2.